The van der Waals surface area contributed by atoms with Gasteiger partial charge in [-0.25, -0.2) is 4.98 Å². The molecule has 0 saturated carbocycles. The van der Waals surface area contributed by atoms with Gasteiger partial charge in [0.05, 0.1) is 6.20 Å². The van der Waals surface area contributed by atoms with Crippen LogP contribution in [-0.4, -0.2) is 16.6 Å². The summed E-state index contributed by atoms with van der Waals surface area (Å²) in [6.45, 7) is 6.19. The summed E-state index contributed by atoms with van der Waals surface area (Å²) in [5, 5.41) is 9.33. The zero-order chi connectivity index (χ0) is 10.1. The highest BCUT2D eigenvalue weighted by atomic mass is 16.4. The van der Waals surface area contributed by atoms with Gasteiger partial charge in [-0.15, -0.1) is 0 Å². The van der Waals surface area contributed by atoms with E-state index in [9.17, 15) is 5.11 Å². The first-order valence-electron chi connectivity index (χ1n) is 4.29. The fourth-order valence-corrected chi connectivity index (χ4v) is 0.889. The summed E-state index contributed by atoms with van der Waals surface area (Å²) in [7, 11) is 0. The van der Waals surface area contributed by atoms with Gasteiger partial charge >= 0.3 is 0 Å². The summed E-state index contributed by atoms with van der Waals surface area (Å²) in [6.07, 6.45) is 0.838. The molecule has 74 valence electrons. The molecule has 0 saturated heterocycles. The van der Waals surface area contributed by atoms with E-state index in [-0.39, 0.29) is 12.0 Å². The summed E-state index contributed by atoms with van der Waals surface area (Å²) in [6, 6.07) is 0. The largest absolute Gasteiger partial charge is 0.442 e. The highest BCUT2D eigenvalue weighted by Crippen LogP contribution is 2.24. The third-order valence-electron chi connectivity index (χ3n) is 1.77. The van der Waals surface area contributed by atoms with E-state index in [1.807, 2.05) is 20.8 Å². The Morgan fingerprint density at radius 2 is 2.23 bits per heavy atom. The topological polar surface area (TPSA) is 72.3 Å². The van der Waals surface area contributed by atoms with Crippen LogP contribution in [0, 0.1) is 0 Å². The molecule has 0 aliphatic rings. The molecule has 13 heavy (non-hydrogen) atoms. The molecule has 0 fully saturated rings. The fourth-order valence-electron chi connectivity index (χ4n) is 0.889. The SMILES string of the molecule is CC(C)(C)c1cnc(C(O)CN)o1. The van der Waals surface area contributed by atoms with Crippen LogP contribution in [0.2, 0.25) is 0 Å². The van der Waals surface area contributed by atoms with E-state index in [0.717, 1.165) is 5.76 Å². The maximum atomic E-state index is 9.33. The Hall–Kier alpha value is -0.870. The number of aromatic nitrogens is 1. The Balaban J connectivity index is 2.87. The van der Waals surface area contributed by atoms with Gasteiger partial charge in [-0.1, -0.05) is 20.8 Å². The Morgan fingerprint density at radius 1 is 1.62 bits per heavy atom. The second kappa shape index (κ2) is 3.47. The molecule has 3 N–H and O–H groups in total. The van der Waals surface area contributed by atoms with Crippen LogP contribution in [0.25, 0.3) is 0 Å². The van der Waals surface area contributed by atoms with Crippen LogP contribution < -0.4 is 5.73 Å². The molecule has 0 aliphatic heterocycles. The lowest BCUT2D eigenvalue weighted by Gasteiger charge is -2.13. The quantitative estimate of drug-likeness (QED) is 0.718. The van der Waals surface area contributed by atoms with Gasteiger partial charge in [0.2, 0.25) is 5.89 Å². The smallest absolute Gasteiger partial charge is 0.224 e. The van der Waals surface area contributed by atoms with Crippen LogP contribution in [-0.2, 0) is 5.41 Å². The minimum Gasteiger partial charge on any atom is -0.442 e. The molecule has 1 rings (SSSR count). The van der Waals surface area contributed by atoms with Crippen molar-refractivity contribution in [3.05, 3.63) is 17.8 Å². The lowest BCUT2D eigenvalue weighted by atomic mass is 9.94. The van der Waals surface area contributed by atoms with Crippen molar-refractivity contribution >= 4 is 0 Å². The van der Waals surface area contributed by atoms with E-state index in [1.165, 1.54) is 0 Å². The fraction of sp³-hybridized carbons (Fsp3) is 0.667. The van der Waals surface area contributed by atoms with E-state index in [2.05, 4.69) is 4.98 Å². The molecule has 0 amide bonds. The van der Waals surface area contributed by atoms with Gasteiger partial charge < -0.3 is 15.3 Å². The van der Waals surface area contributed by atoms with Gasteiger partial charge in [0.25, 0.3) is 0 Å². The summed E-state index contributed by atoms with van der Waals surface area (Å²) >= 11 is 0. The van der Waals surface area contributed by atoms with Crippen LogP contribution in [0.15, 0.2) is 10.6 Å². The van der Waals surface area contributed by atoms with Gasteiger partial charge in [-0.2, -0.15) is 0 Å². The standard InChI is InChI=1S/C9H16N2O2/c1-9(2,3)7-5-11-8(13-7)6(12)4-10/h5-6,12H,4,10H2,1-3H3. The number of aliphatic hydroxyl groups excluding tert-OH is 1. The summed E-state index contributed by atoms with van der Waals surface area (Å²) in [5.74, 6) is 1.06. The molecule has 1 unspecified atom stereocenters. The van der Waals surface area contributed by atoms with Gasteiger partial charge in [0.1, 0.15) is 11.9 Å². The minimum absolute atomic E-state index is 0.0838. The number of oxazole rings is 1. The van der Waals surface area contributed by atoms with Crippen molar-refractivity contribution in [2.75, 3.05) is 6.54 Å². The molecule has 0 radical (unpaired) electrons. The van der Waals surface area contributed by atoms with Gasteiger partial charge in [0, 0.05) is 12.0 Å². The molecule has 1 atom stereocenters. The lowest BCUT2D eigenvalue weighted by Crippen LogP contribution is -2.12. The first-order chi connectivity index (χ1) is 5.95. The molecule has 1 aromatic heterocycles. The Kier molecular flexibility index (Phi) is 2.73. The zero-order valence-corrected chi connectivity index (χ0v) is 8.24. The number of aliphatic hydroxyl groups is 1. The molecule has 0 aromatic carbocycles. The summed E-state index contributed by atoms with van der Waals surface area (Å²) < 4.78 is 5.36. The third kappa shape index (κ3) is 2.29. The van der Waals surface area contributed by atoms with Crippen LogP contribution in [0.1, 0.15) is 38.5 Å². The first-order valence-corrected chi connectivity index (χ1v) is 4.29. The van der Waals surface area contributed by atoms with Crippen molar-refractivity contribution in [3.63, 3.8) is 0 Å². The minimum atomic E-state index is -0.795. The number of hydrogen-bond donors (Lipinski definition) is 2. The average molecular weight is 184 g/mol. The van der Waals surface area contributed by atoms with E-state index in [1.54, 1.807) is 6.20 Å². The molecular weight excluding hydrogens is 168 g/mol. The van der Waals surface area contributed by atoms with Crippen molar-refractivity contribution in [1.82, 2.24) is 4.98 Å². The molecule has 0 aliphatic carbocycles. The maximum Gasteiger partial charge on any atom is 0.224 e. The maximum absolute atomic E-state index is 9.33. The van der Waals surface area contributed by atoms with Crippen LogP contribution in [0.4, 0.5) is 0 Å². The summed E-state index contributed by atoms with van der Waals surface area (Å²) in [4.78, 5) is 3.96. The Bertz CT molecular complexity index is 275. The molecule has 1 aromatic rings. The Labute approximate surface area is 77.8 Å². The molecule has 0 bridgehead atoms. The number of hydrogen-bond acceptors (Lipinski definition) is 4. The van der Waals surface area contributed by atoms with E-state index in [4.69, 9.17) is 10.2 Å². The summed E-state index contributed by atoms with van der Waals surface area (Å²) in [5.41, 5.74) is 5.19. The number of rotatable bonds is 2. The van der Waals surface area contributed by atoms with Crippen molar-refractivity contribution in [2.24, 2.45) is 5.73 Å². The number of nitrogens with zero attached hydrogens (tertiary/aromatic N) is 1. The normalized spacial score (nSPS) is 14.5. The zero-order valence-electron chi connectivity index (χ0n) is 8.24. The number of nitrogens with two attached hydrogens (primary N) is 1. The molecule has 4 heteroatoms. The molecule has 0 spiro atoms. The van der Waals surface area contributed by atoms with Gasteiger partial charge in [-0.3, -0.25) is 0 Å². The molecule has 1 heterocycles. The van der Waals surface area contributed by atoms with E-state index >= 15 is 0 Å². The van der Waals surface area contributed by atoms with Crippen LogP contribution in [0.3, 0.4) is 0 Å². The highest BCUT2D eigenvalue weighted by Gasteiger charge is 2.21. The van der Waals surface area contributed by atoms with Gasteiger partial charge in [-0.05, 0) is 0 Å². The molecular formula is C9H16N2O2. The predicted octanol–water partition coefficient (Wildman–Crippen LogP) is 0.964. The Morgan fingerprint density at radius 3 is 2.62 bits per heavy atom. The second-order valence-electron chi connectivity index (χ2n) is 4.06. The predicted molar refractivity (Wildman–Crippen MR) is 49.2 cm³/mol. The van der Waals surface area contributed by atoms with Crippen molar-refractivity contribution < 1.29 is 9.52 Å². The van der Waals surface area contributed by atoms with Crippen molar-refractivity contribution in [3.8, 4) is 0 Å². The van der Waals surface area contributed by atoms with E-state index < -0.39 is 6.10 Å². The average Bonchev–Trinajstić information content (AvgIpc) is 2.50. The highest BCUT2D eigenvalue weighted by molar-refractivity contribution is 5.06. The van der Waals surface area contributed by atoms with Gasteiger partial charge in [0.15, 0.2) is 0 Å². The monoisotopic (exact) mass is 184 g/mol. The first kappa shape index (κ1) is 10.2. The van der Waals surface area contributed by atoms with Crippen molar-refractivity contribution in [2.45, 2.75) is 32.3 Å². The van der Waals surface area contributed by atoms with Crippen molar-refractivity contribution in [1.29, 1.82) is 0 Å². The van der Waals surface area contributed by atoms with E-state index in [0.29, 0.717) is 5.89 Å². The van der Waals surface area contributed by atoms with Crippen LogP contribution >= 0.6 is 0 Å². The third-order valence-corrected chi connectivity index (χ3v) is 1.77. The second-order valence-corrected chi connectivity index (χ2v) is 4.06. The lowest BCUT2D eigenvalue weighted by molar-refractivity contribution is 0.147. The van der Waals surface area contributed by atoms with Crippen LogP contribution in [0.5, 0.6) is 0 Å². The molecule has 4 nitrogen and oxygen atoms in total.